The summed E-state index contributed by atoms with van der Waals surface area (Å²) in [6.07, 6.45) is 4.19. The first kappa shape index (κ1) is 14.8. The topological polar surface area (TPSA) is 46.9 Å². The molecule has 5 heteroatoms. The third-order valence-corrected chi connectivity index (χ3v) is 3.72. The number of amides is 1. The van der Waals surface area contributed by atoms with Crippen LogP contribution in [0, 0.1) is 13.8 Å². The van der Waals surface area contributed by atoms with Gasteiger partial charge in [0.2, 0.25) is 5.91 Å². The summed E-state index contributed by atoms with van der Waals surface area (Å²) in [6, 6.07) is 5.67. The van der Waals surface area contributed by atoms with Gasteiger partial charge in [0.15, 0.2) is 0 Å². The van der Waals surface area contributed by atoms with Gasteiger partial charge in [-0.05, 0) is 47.3 Å². The second kappa shape index (κ2) is 6.22. The number of halogens is 1. The lowest BCUT2D eigenvalue weighted by atomic mass is 10.1. The molecule has 106 valence electrons. The van der Waals surface area contributed by atoms with Gasteiger partial charge in [0.25, 0.3) is 0 Å². The molecule has 1 amide bonds. The monoisotopic (exact) mass is 335 g/mol. The SMILES string of the molecule is CCC(C(=O)Nc1c(C)cccc1C)n1cc(Br)cn1. The van der Waals surface area contributed by atoms with Crippen molar-refractivity contribution in [1.29, 1.82) is 0 Å². The zero-order valence-corrected chi connectivity index (χ0v) is 13.4. The third kappa shape index (κ3) is 3.10. The average molecular weight is 336 g/mol. The zero-order valence-electron chi connectivity index (χ0n) is 11.9. The molecule has 4 nitrogen and oxygen atoms in total. The van der Waals surface area contributed by atoms with Crippen molar-refractivity contribution in [2.45, 2.75) is 33.2 Å². The molecule has 2 aromatic rings. The number of nitrogens with one attached hydrogen (secondary N) is 1. The van der Waals surface area contributed by atoms with E-state index >= 15 is 0 Å². The molecule has 0 saturated heterocycles. The van der Waals surface area contributed by atoms with Crippen molar-refractivity contribution in [1.82, 2.24) is 9.78 Å². The number of hydrogen-bond donors (Lipinski definition) is 1. The predicted molar refractivity (Wildman–Crippen MR) is 83.8 cm³/mol. The van der Waals surface area contributed by atoms with E-state index in [1.807, 2.05) is 45.2 Å². The normalized spacial score (nSPS) is 12.2. The molecule has 1 atom stereocenters. The van der Waals surface area contributed by atoms with Gasteiger partial charge in [-0.25, -0.2) is 0 Å². The van der Waals surface area contributed by atoms with Crippen molar-refractivity contribution in [3.05, 3.63) is 46.2 Å². The summed E-state index contributed by atoms with van der Waals surface area (Å²) in [7, 11) is 0. The standard InChI is InChI=1S/C15H18BrN3O/c1-4-13(19-9-12(16)8-17-19)15(20)18-14-10(2)6-5-7-11(14)3/h5-9,13H,4H2,1-3H3,(H,18,20). The highest BCUT2D eigenvalue weighted by molar-refractivity contribution is 9.10. The van der Waals surface area contributed by atoms with Crippen LogP contribution in [-0.4, -0.2) is 15.7 Å². The third-order valence-electron chi connectivity index (χ3n) is 3.31. The first-order valence-corrected chi connectivity index (χ1v) is 7.39. The minimum atomic E-state index is -0.305. The molecule has 1 unspecified atom stereocenters. The molecular weight excluding hydrogens is 318 g/mol. The van der Waals surface area contributed by atoms with Crippen LogP contribution in [0.2, 0.25) is 0 Å². The molecule has 0 saturated carbocycles. The Bertz CT molecular complexity index is 601. The van der Waals surface area contributed by atoms with Gasteiger partial charge >= 0.3 is 0 Å². The molecule has 1 aromatic heterocycles. The second-order valence-electron chi connectivity index (χ2n) is 4.82. The number of benzene rings is 1. The van der Waals surface area contributed by atoms with E-state index in [9.17, 15) is 4.79 Å². The van der Waals surface area contributed by atoms with Crippen molar-refractivity contribution in [3.8, 4) is 0 Å². The fourth-order valence-electron chi connectivity index (χ4n) is 2.20. The van der Waals surface area contributed by atoms with Crippen LogP contribution in [-0.2, 0) is 4.79 Å². The van der Waals surface area contributed by atoms with Gasteiger partial charge in [-0.1, -0.05) is 25.1 Å². The molecule has 0 spiro atoms. The number of carbonyl (C=O) groups excluding carboxylic acids is 1. The average Bonchev–Trinajstić information content (AvgIpc) is 2.81. The zero-order chi connectivity index (χ0) is 14.7. The van der Waals surface area contributed by atoms with Gasteiger partial charge in [0.1, 0.15) is 6.04 Å². The van der Waals surface area contributed by atoms with Crippen molar-refractivity contribution in [2.24, 2.45) is 0 Å². The fraction of sp³-hybridized carbons (Fsp3) is 0.333. The van der Waals surface area contributed by atoms with Crippen LogP contribution in [0.15, 0.2) is 35.1 Å². The van der Waals surface area contributed by atoms with Gasteiger partial charge in [0, 0.05) is 11.9 Å². The Hall–Kier alpha value is -1.62. The minimum Gasteiger partial charge on any atom is -0.324 e. The fourth-order valence-corrected chi connectivity index (χ4v) is 2.50. The van der Waals surface area contributed by atoms with E-state index in [0.717, 1.165) is 21.3 Å². The first-order valence-electron chi connectivity index (χ1n) is 6.59. The highest BCUT2D eigenvalue weighted by Crippen LogP contribution is 2.22. The van der Waals surface area contributed by atoms with Gasteiger partial charge in [-0.15, -0.1) is 0 Å². The summed E-state index contributed by atoms with van der Waals surface area (Å²) in [5.74, 6) is -0.0412. The lowest BCUT2D eigenvalue weighted by molar-refractivity contribution is -0.119. The van der Waals surface area contributed by atoms with Gasteiger partial charge < -0.3 is 5.32 Å². The van der Waals surface area contributed by atoms with Crippen molar-refractivity contribution in [2.75, 3.05) is 5.32 Å². The van der Waals surface area contributed by atoms with E-state index in [4.69, 9.17) is 0 Å². The molecule has 1 aromatic carbocycles. The van der Waals surface area contributed by atoms with Gasteiger partial charge in [-0.2, -0.15) is 5.10 Å². The molecule has 20 heavy (non-hydrogen) atoms. The van der Waals surface area contributed by atoms with Crippen LogP contribution in [0.5, 0.6) is 0 Å². The van der Waals surface area contributed by atoms with Crippen LogP contribution in [0.1, 0.15) is 30.5 Å². The number of aromatic nitrogens is 2. The predicted octanol–water partition coefficient (Wildman–Crippen LogP) is 3.85. The van der Waals surface area contributed by atoms with E-state index in [1.54, 1.807) is 10.9 Å². The number of aryl methyl sites for hydroxylation is 2. The molecular formula is C15H18BrN3O. The number of para-hydroxylation sites is 1. The lowest BCUT2D eigenvalue weighted by Gasteiger charge is -2.17. The number of carbonyl (C=O) groups is 1. The highest BCUT2D eigenvalue weighted by atomic mass is 79.9. The number of nitrogens with zero attached hydrogens (tertiary/aromatic N) is 2. The molecule has 2 rings (SSSR count). The van der Waals surface area contributed by atoms with E-state index in [2.05, 4.69) is 26.3 Å². The van der Waals surface area contributed by atoms with Crippen LogP contribution < -0.4 is 5.32 Å². The molecule has 0 aliphatic carbocycles. The van der Waals surface area contributed by atoms with E-state index in [0.29, 0.717) is 6.42 Å². The largest absolute Gasteiger partial charge is 0.324 e. The summed E-state index contributed by atoms with van der Waals surface area (Å²) >= 11 is 3.35. The van der Waals surface area contributed by atoms with E-state index in [1.165, 1.54) is 0 Å². The van der Waals surface area contributed by atoms with Gasteiger partial charge in [0.05, 0.1) is 10.7 Å². The van der Waals surface area contributed by atoms with Crippen LogP contribution in [0.4, 0.5) is 5.69 Å². The molecule has 0 bridgehead atoms. The molecule has 1 heterocycles. The van der Waals surface area contributed by atoms with Crippen LogP contribution >= 0.6 is 15.9 Å². The Kier molecular flexibility index (Phi) is 4.60. The maximum absolute atomic E-state index is 12.5. The number of hydrogen-bond acceptors (Lipinski definition) is 2. The van der Waals surface area contributed by atoms with E-state index < -0.39 is 0 Å². The minimum absolute atomic E-state index is 0.0412. The number of anilines is 1. The Labute approximate surface area is 127 Å². The van der Waals surface area contributed by atoms with Crippen LogP contribution in [0.25, 0.3) is 0 Å². The molecule has 0 aliphatic heterocycles. The highest BCUT2D eigenvalue weighted by Gasteiger charge is 2.20. The summed E-state index contributed by atoms with van der Waals surface area (Å²) in [6.45, 7) is 5.96. The Morgan fingerprint density at radius 1 is 1.40 bits per heavy atom. The van der Waals surface area contributed by atoms with Crippen molar-refractivity contribution < 1.29 is 4.79 Å². The number of rotatable bonds is 4. The second-order valence-corrected chi connectivity index (χ2v) is 5.73. The lowest BCUT2D eigenvalue weighted by Crippen LogP contribution is -2.26. The smallest absolute Gasteiger partial charge is 0.249 e. The first-order chi connectivity index (χ1) is 9.52. The summed E-state index contributed by atoms with van der Waals surface area (Å²) in [5, 5.41) is 7.23. The molecule has 0 aliphatic rings. The van der Waals surface area contributed by atoms with Crippen LogP contribution in [0.3, 0.4) is 0 Å². The van der Waals surface area contributed by atoms with Crippen molar-refractivity contribution >= 4 is 27.5 Å². The van der Waals surface area contributed by atoms with Crippen molar-refractivity contribution in [3.63, 3.8) is 0 Å². The van der Waals surface area contributed by atoms with E-state index in [-0.39, 0.29) is 11.9 Å². The maximum atomic E-state index is 12.5. The van der Waals surface area contributed by atoms with Gasteiger partial charge in [-0.3, -0.25) is 9.48 Å². The molecule has 0 fully saturated rings. The summed E-state index contributed by atoms with van der Waals surface area (Å²) in [5.41, 5.74) is 3.02. The Morgan fingerprint density at radius 2 is 2.05 bits per heavy atom. The summed E-state index contributed by atoms with van der Waals surface area (Å²) < 4.78 is 2.56. The Morgan fingerprint density at radius 3 is 2.55 bits per heavy atom. The Balaban J connectivity index is 2.22. The summed E-state index contributed by atoms with van der Waals surface area (Å²) in [4.78, 5) is 12.5. The molecule has 0 radical (unpaired) electrons. The molecule has 1 N–H and O–H groups in total. The maximum Gasteiger partial charge on any atom is 0.249 e. The quantitative estimate of drug-likeness (QED) is 0.922.